The van der Waals surface area contributed by atoms with Crippen LogP contribution in [0.25, 0.3) is 0 Å². The molecule has 1 unspecified atom stereocenters. The van der Waals surface area contributed by atoms with Gasteiger partial charge in [-0.3, -0.25) is 0 Å². The number of aliphatic hydroxyl groups is 1. The monoisotopic (exact) mass is 161 g/mol. The summed E-state index contributed by atoms with van der Waals surface area (Å²) in [5.41, 5.74) is 0. The Labute approximate surface area is 68.8 Å². The predicted octanol–water partition coefficient (Wildman–Crippen LogP) is 0.241. The summed E-state index contributed by atoms with van der Waals surface area (Å²) < 4.78 is 4.87. The smallest absolute Gasteiger partial charge is 0.0587 e. The quantitative estimate of drug-likeness (QED) is 0.526. The highest BCUT2D eigenvalue weighted by molar-refractivity contribution is 4.55. The van der Waals surface area contributed by atoms with E-state index in [0.717, 1.165) is 26.1 Å². The van der Waals surface area contributed by atoms with E-state index in [1.54, 1.807) is 7.11 Å². The lowest BCUT2D eigenvalue weighted by Crippen LogP contribution is -2.25. The molecule has 2 N–H and O–H groups in total. The third kappa shape index (κ3) is 7.78. The van der Waals surface area contributed by atoms with Crippen LogP contribution in [0, 0.1) is 5.92 Å². The molecule has 0 aromatic heterocycles. The van der Waals surface area contributed by atoms with Crippen LogP contribution in [0.3, 0.4) is 0 Å². The minimum absolute atomic E-state index is 0.285. The third-order valence-electron chi connectivity index (χ3n) is 1.60. The van der Waals surface area contributed by atoms with Crippen LogP contribution in [-0.4, -0.2) is 38.5 Å². The van der Waals surface area contributed by atoms with Crippen LogP contribution in [0.4, 0.5) is 0 Å². The van der Waals surface area contributed by atoms with E-state index in [9.17, 15) is 0 Å². The molecule has 0 saturated carbocycles. The number of aliphatic hydroxyl groups excluding tert-OH is 1. The molecule has 1 atom stereocenters. The topological polar surface area (TPSA) is 41.5 Å². The summed E-state index contributed by atoms with van der Waals surface area (Å²) in [5, 5.41) is 11.8. The Morgan fingerprint density at radius 3 is 2.82 bits per heavy atom. The van der Waals surface area contributed by atoms with Crippen molar-refractivity contribution in [2.45, 2.75) is 13.3 Å². The highest BCUT2D eigenvalue weighted by Gasteiger charge is 1.98. The number of hydrogen-bond acceptors (Lipinski definition) is 3. The van der Waals surface area contributed by atoms with Crippen molar-refractivity contribution in [3.05, 3.63) is 0 Å². The van der Waals surface area contributed by atoms with Crippen molar-refractivity contribution < 1.29 is 9.84 Å². The summed E-state index contributed by atoms with van der Waals surface area (Å²) in [6.45, 7) is 5.02. The predicted molar refractivity (Wildman–Crippen MR) is 45.6 cm³/mol. The Bertz CT molecular complexity index is 78.5. The van der Waals surface area contributed by atoms with Gasteiger partial charge in [-0.15, -0.1) is 0 Å². The van der Waals surface area contributed by atoms with Crippen LogP contribution in [0.5, 0.6) is 0 Å². The number of ether oxygens (including phenoxy) is 1. The molecular formula is C8H19NO2. The highest BCUT2D eigenvalue weighted by Crippen LogP contribution is 1.96. The lowest BCUT2D eigenvalue weighted by molar-refractivity contribution is 0.196. The molecule has 68 valence electrons. The van der Waals surface area contributed by atoms with Crippen LogP contribution in [-0.2, 0) is 4.74 Å². The molecule has 0 aromatic rings. The molecule has 0 saturated heterocycles. The summed E-state index contributed by atoms with van der Waals surface area (Å²) in [5.74, 6) is 0.553. The Kier molecular flexibility index (Phi) is 7.89. The molecule has 0 radical (unpaired) electrons. The number of nitrogens with one attached hydrogen (secondary N) is 1. The molecule has 3 nitrogen and oxygen atoms in total. The standard InChI is InChI=1S/C8H19NO2/c1-8(3-5-10)7-9-4-6-11-2/h8-10H,3-7H2,1-2H3. The Balaban J connectivity index is 2.97. The first-order chi connectivity index (χ1) is 5.31. The van der Waals surface area contributed by atoms with Crippen LogP contribution in [0.1, 0.15) is 13.3 Å². The first-order valence-corrected chi connectivity index (χ1v) is 4.11. The van der Waals surface area contributed by atoms with Crippen molar-refractivity contribution in [3.8, 4) is 0 Å². The first-order valence-electron chi connectivity index (χ1n) is 4.11. The lowest BCUT2D eigenvalue weighted by atomic mass is 10.1. The van der Waals surface area contributed by atoms with Gasteiger partial charge in [0, 0.05) is 20.3 Å². The van der Waals surface area contributed by atoms with Gasteiger partial charge in [0.25, 0.3) is 0 Å². The lowest BCUT2D eigenvalue weighted by Gasteiger charge is -2.09. The van der Waals surface area contributed by atoms with Gasteiger partial charge in [0.1, 0.15) is 0 Å². The van der Waals surface area contributed by atoms with E-state index in [1.165, 1.54) is 0 Å². The van der Waals surface area contributed by atoms with Crippen LogP contribution in [0.2, 0.25) is 0 Å². The zero-order valence-corrected chi connectivity index (χ0v) is 7.47. The van der Waals surface area contributed by atoms with E-state index in [1.807, 2.05) is 0 Å². The molecule has 3 heteroatoms. The number of methoxy groups -OCH3 is 1. The summed E-state index contributed by atoms with van der Waals surface area (Å²) in [4.78, 5) is 0. The van der Waals surface area contributed by atoms with Crippen molar-refractivity contribution in [2.24, 2.45) is 5.92 Å². The average Bonchev–Trinajstić information content (AvgIpc) is 1.99. The van der Waals surface area contributed by atoms with Crippen LogP contribution < -0.4 is 5.32 Å². The van der Waals surface area contributed by atoms with Crippen LogP contribution in [0.15, 0.2) is 0 Å². The van der Waals surface area contributed by atoms with E-state index < -0.39 is 0 Å². The summed E-state index contributed by atoms with van der Waals surface area (Å²) >= 11 is 0. The second kappa shape index (κ2) is 7.98. The highest BCUT2D eigenvalue weighted by atomic mass is 16.5. The number of hydrogen-bond donors (Lipinski definition) is 2. The zero-order valence-electron chi connectivity index (χ0n) is 7.47. The van der Waals surface area contributed by atoms with E-state index in [0.29, 0.717) is 5.92 Å². The summed E-state index contributed by atoms with van der Waals surface area (Å²) in [7, 11) is 1.69. The maximum atomic E-state index is 8.59. The fraction of sp³-hybridized carbons (Fsp3) is 1.00. The minimum Gasteiger partial charge on any atom is -0.396 e. The molecule has 11 heavy (non-hydrogen) atoms. The first kappa shape index (κ1) is 10.9. The molecule has 0 rings (SSSR count). The van der Waals surface area contributed by atoms with Gasteiger partial charge in [-0.05, 0) is 18.9 Å². The molecule has 0 aliphatic rings. The average molecular weight is 161 g/mol. The van der Waals surface area contributed by atoms with E-state index in [2.05, 4.69) is 12.2 Å². The van der Waals surface area contributed by atoms with Gasteiger partial charge in [0.05, 0.1) is 6.61 Å². The maximum absolute atomic E-state index is 8.59. The fourth-order valence-electron chi connectivity index (χ4n) is 0.845. The van der Waals surface area contributed by atoms with Crippen molar-refractivity contribution >= 4 is 0 Å². The van der Waals surface area contributed by atoms with Gasteiger partial charge >= 0.3 is 0 Å². The minimum atomic E-state index is 0.285. The second-order valence-corrected chi connectivity index (χ2v) is 2.81. The molecule has 0 aliphatic carbocycles. The second-order valence-electron chi connectivity index (χ2n) is 2.81. The van der Waals surface area contributed by atoms with Gasteiger partial charge in [0.2, 0.25) is 0 Å². The molecule has 0 aromatic carbocycles. The van der Waals surface area contributed by atoms with Gasteiger partial charge in [0.15, 0.2) is 0 Å². The molecular weight excluding hydrogens is 142 g/mol. The van der Waals surface area contributed by atoms with Gasteiger partial charge < -0.3 is 15.2 Å². The largest absolute Gasteiger partial charge is 0.396 e. The van der Waals surface area contributed by atoms with E-state index >= 15 is 0 Å². The van der Waals surface area contributed by atoms with Gasteiger partial charge in [-0.25, -0.2) is 0 Å². The molecule has 0 fully saturated rings. The Morgan fingerprint density at radius 1 is 1.55 bits per heavy atom. The normalized spacial score (nSPS) is 13.4. The number of rotatable bonds is 7. The van der Waals surface area contributed by atoms with Crippen molar-refractivity contribution in [1.82, 2.24) is 5.32 Å². The molecule has 0 aliphatic heterocycles. The van der Waals surface area contributed by atoms with Gasteiger partial charge in [-0.1, -0.05) is 6.92 Å². The van der Waals surface area contributed by atoms with E-state index in [4.69, 9.17) is 9.84 Å². The van der Waals surface area contributed by atoms with E-state index in [-0.39, 0.29) is 6.61 Å². The Hall–Kier alpha value is -0.120. The fourth-order valence-corrected chi connectivity index (χ4v) is 0.845. The molecule has 0 bridgehead atoms. The van der Waals surface area contributed by atoms with Crippen molar-refractivity contribution in [2.75, 3.05) is 33.4 Å². The SMILES string of the molecule is COCCNCC(C)CCO. The van der Waals surface area contributed by atoms with Crippen molar-refractivity contribution in [1.29, 1.82) is 0 Å². The van der Waals surface area contributed by atoms with Crippen molar-refractivity contribution in [3.63, 3.8) is 0 Å². The van der Waals surface area contributed by atoms with Gasteiger partial charge in [-0.2, -0.15) is 0 Å². The summed E-state index contributed by atoms with van der Waals surface area (Å²) in [6.07, 6.45) is 0.875. The summed E-state index contributed by atoms with van der Waals surface area (Å²) in [6, 6.07) is 0. The Morgan fingerprint density at radius 2 is 2.27 bits per heavy atom. The molecule has 0 spiro atoms. The zero-order chi connectivity index (χ0) is 8.53. The molecule has 0 heterocycles. The van der Waals surface area contributed by atoms with Crippen LogP contribution >= 0.6 is 0 Å². The molecule has 0 amide bonds. The maximum Gasteiger partial charge on any atom is 0.0587 e. The third-order valence-corrected chi connectivity index (χ3v) is 1.60.